The van der Waals surface area contributed by atoms with E-state index in [1.165, 1.54) is 0 Å². The summed E-state index contributed by atoms with van der Waals surface area (Å²) < 4.78 is 6.20. The Hall–Kier alpha value is -1.68. The molecule has 3 N–H and O–H groups in total. The summed E-state index contributed by atoms with van der Waals surface area (Å²) in [4.78, 5) is 0. The van der Waals surface area contributed by atoms with Crippen molar-refractivity contribution in [3.63, 3.8) is 0 Å². The summed E-state index contributed by atoms with van der Waals surface area (Å²) in [6.45, 7) is 2.05. The predicted molar refractivity (Wildman–Crippen MR) is 79.6 cm³/mol. The Bertz CT molecular complexity index is 570. The average molecular weight is 307 g/mol. The van der Waals surface area contributed by atoms with E-state index in [1.54, 1.807) is 13.2 Å². The smallest absolute Gasteiger partial charge is 0.121 e. The molecule has 3 nitrogen and oxygen atoms in total. The Morgan fingerprint density at radius 1 is 1.17 bits per heavy atom. The first-order valence-corrected chi connectivity index (χ1v) is 6.37. The van der Waals surface area contributed by atoms with Crippen LogP contribution in [0.1, 0.15) is 5.56 Å². The van der Waals surface area contributed by atoms with E-state index in [9.17, 15) is 0 Å². The molecule has 2 aromatic carbocycles. The van der Waals surface area contributed by atoms with Gasteiger partial charge in [-0.1, -0.05) is 22.0 Å². The highest BCUT2D eigenvalue weighted by Crippen LogP contribution is 2.30. The van der Waals surface area contributed by atoms with E-state index < -0.39 is 0 Å². The van der Waals surface area contributed by atoms with Crippen LogP contribution in [0.25, 0.3) is 0 Å². The minimum Gasteiger partial charge on any atom is -0.497 e. The van der Waals surface area contributed by atoms with Crippen molar-refractivity contribution in [3.05, 3.63) is 46.4 Å². The Morgan fingerprint density at radius 2 is 1.94 bits per heavy atom. The highest BCUT2D eigenvalue weighted by molar-refractivity contribution is 9.10. The van der Waals surface area contributed by atoms with Crippen molar-refractivity contribution in [1.29, 1.82) is 0 Å². The predicted octanol–water partition coefficient (Wildman–Crippen LogP) is 4.09. The van der Waals surface area contributed by atoms with E-state index in [2.05, 4.69) is 21.2 Å². The number of nitrogens with one attached hydrogen (secondary N) is 1. The van der Waals surface area contributed by atoms with Gasteiger partial charge in [-0.05, 0) is 36.8 Å². The molecule has 0 fully saturated rings. The van der Waals surface area contributed by atoms with Crippen LogP contribution in [0.4, 0.5) is 17.1 Å². The number of nitrogen functional groups attached to an aromatic ring is 1. The van der Waals surface area contributed by atoms with Crippen LogP contribution in [-0.4, -0.2) is 7.11 Å². The van der Waals surface area contributed by atoms with Crippen LogP contribution in [0.2, 0.25) is 0 Å². The number of nitrogens with two attached hydrogens (primary N) is 1. The number of anilines is 3. The van der Waals surface area contributed by atoms with Crippen molar-refractivity contribution in [2.45, 2.75) is 6.92 Å². The molecule has 0 heterocycles. The van der Waals surface area contributed by atoms with Crippen LogP contribution >= 0.6 is 15.9 Å². The van der Waals surface area contributed by atoms with E-state index in [0.717, 1.165) is 27.2 Å². The molecule has 0 atom stereocenters. The van der Waals surface area contributed by atoms with E-state index in [-0.39, 0.29) is 0 Å². The molecule has 0 bridgehead atoms. The third-order valence-electron chi connectivity index (χ3n) is 2.80. The van der Waals surface area contributed by atoms with Gasteiger partial charge < -0.3 is 15.8 Å². The molecule has 0 amide bonds. The van der Waals surface area contributed by atoms with Gasteiger partial charge in [-0.25, -0.2) is 0 Å². The third kappa shape index (κ3) is 2.59. The van der Waals surface area contributed by atoms with Crippen LogP contribution < -0.4 is 15.8 Å². The summed E-state index contributed by atoms with van der Waals surface area (Å²) in [5, 5.41) is 3.32. The van der Waals surface area contributed by atoms with Crippen LogP contribution in [0.3, 0.4) is 0 Å². The molecule has 0 saturated carbocycles. The molecule has 0 aliphatic rings. The van der Waals surface area contributed by atoms with Gasteiger partial charge in [0.25, 0.3) is 0 Å². The molecule has 0 spiro atoms. The lowest BCUT2D eigenvalue weighted by Gasteiger charge is -2.13. The van der Waals surface area contributed by atoms with Crippen molar-refractivity contribution in [1.82, 2.24) is 0 Å². The summed E-state index contributed by atoms with van der Waals surface area (Å²) in [5.74, 6) is 0.754. The van der Waals surface area contributed by atoms with E-state index in [4.69, 9.17) is 10.5 Å². The van der Waals surface area contributed by atoms with Crippen molar-refractivity contribution in [3.8, 4) is 5.75 Å². The first kappa shape index (κ1) is 12.8. The zero-order valence-electron chi connectivity index (χ0n) is 10.3. The molecule has 0 radical (unpaired) electrons. The summed E-state index contributed by atoms with van der Waals surface area (Å²) in [7, 11) is 1.63. The zero-order valence-corrected chi connectivity index (χ0v) is 11.9. The number of hydrogen-bond acceptors (Lipinski definition) is 3. The number of rotatable bonds is 3. The second-order valence-corrected chi connectivity index (χ2v) is 4.84. The molecule has 0 aliphatic carbocycles. The van der Waals surface area contributed by atoms with Gasteiger partial charge in [-0.3, -0.25) is 0 Å². The molecular weight excluding hydrogens is 292 g/mol. The quantitative estimate of drug-likeness (QED) is 0.840. The molecule has 0 unspecified atom stereocenters. The minimum atomic E-state index is 0.661. The highest BCUT2D eigenvalue weighted by atomic mass is 79.9. The Balaban J connectivity index is 2.31. The lowest BCUT2D eigenvalue weighted by atomic mass is 10.2. The average Bonchev–Trinajstić information content (AvgIpc) is 2.37. The molecule has 94 valence electrons. The number of ether oxygens (including phenoxy) is 1. The molecular formula is C14H15BrN2O. The summed E-state index contributed by atoms with van der Waals surface area (Å²) in [5.41, 5.74) is 9.69. The van der Waals surface area contributed by atoms with E-state index in [1.807, 2.05) is 37.3 Å². The Morgan fingerprint density at radius 3 is 2.61 bits per heavy atom. The molecule has 2 aromatic rings. The van der Waals surface area contributed by atoms with Crippen LogP contribution in [0.5, 0.6) is 5.75 Å². The van der Waals surface area contributed by atoms with Gasteiger partial charge >= 0.3 is 0 Å². The second-order valence-electron chi connectivity index (χ2n) is 3.99. The largest absolute Gasteiger partial charge is 0.497 e. The maximum Gasteiger partial charge on any atom is 0.121 e. The Labute approximate surface area is 115 Å². The lowest BCUT2D eigenvalue weighted by Crippen LogP contribution is -1.98. The first-order chi connectivity index (χ1) is 8.61. The van der Waals surface area contributed by atoms with Gasteiger partial charge in [-0.15, -0.1) is 0 Å². The first-order valence-electron chi connectivity index (χ1n) is 5.57. The molecule has 0 aromatic heterocycles. The minimum absolute atomic E-state index is 0.661. The van der Waals surface area contributed by atoms with Gasteiger partial charge in [0.2, 0.25) is 0 Å². The standard InChI is InChI=1S/C14H15BrN2O/c1-9-11(15)4-3-5-13(9)17-14-7-6-10(18-2)8-12(14)16/h3-8,17H,16H2,1-2H3. The lowest BCUT2D eigenvalue weighted by molar-refractivity contribution is 0.415. The second kappa shape index (κ2) is 5.31. The number of hydrogen-bond donors (Lipinski definition) is 2. The number of methoxy groups -OCH3 is 1. The highest BCUT2D eigenvalue weighted by Gasteiger charge is 2.05. The fraction of sp³-hybridized carbons (Fsp3) is 0.143. The van der Waals surface area contributed by atoms with Crippen molar-refractivity contribution in [2.24, 2.45) is 0 Å². The molecule has 2 rings (SSSR count). The van der Waals surface area contributed by atoms with Crippen LogP contribution in [0, 0.1) is 6.92 Å². The summed E-state index contributed by atoms with van der Waals surface area (Å²) >= 11 is 3.51. The van der Waals surface area contributed by atoms with Gasteiger partial charge in [0.05, 0.1) is 18.5 Å². The number of halogens is 1. The van der Waals surface area contributed by atoms with E-state index in [0.29, 0.717) is 5.69 Å². The van der Waals surface area contributed by atoms with Crippen molar-refractivity contribution in [2.75, 3.05) is 18.2 Å². The monoisotopic (exact) mass is 306 g/mol. The van der Waals surface area contributed by atoms with Gasteiger partial charge in [-0.2, -0.15) is 0 Å². The molecule has 0 aliphatic heterocycles. The SMILES string of the molecule is COc1ccc(Nc2cccc(Br)c2C)c(N)c1. The zero-order chi connectivity index (χ0) is 13.1. The molecule has 0 saturated heterocycles. The number of benzene rings is 2. The van der Waals surface area contributed by atoms with Gasteiger partial charge in [0, 0.05) is 16.2 Å². The molecule has 18 heavy (non-hydrogen) atoms. The van der Waals surface area contributed by atoms with Crippen molar-refractivity contribution < 1.29 is 4.74 Å². The maximum atomic E-state index is 5.98. The van der Waals surface area contributed by atoms with Crippen molar-refractivity contribution >= 4 is 33.0 Å². The third-order valence-corrected chi connectivity index (χ3v) is 3.65. The van der Waals surface area contributed by atoms with Gasteiger partial charge in [0.1, 0.15) is 5.75 Å². The van der Waals surface area contributed by atoms with Gasteiger partial charge in [0.15, 0.2) is 0 Å². The summed E-state index contributed by atoms with van der Waals surface area (Å²) in [6.07, 6.45) is 0. The Kier molecular flexibility index (Phi) is 3.77. The maximum absolute atomic E-state index is 5.98. The topological polar surface area (TPSA) is 47.3 Å². The fourth-order valence-electron chi connectivity index (χ4n) is 1.67. The fourth-order valence-corrected chi connectivity index (χ4v) is 2.04. The molecule has 4 heteroatoms. The van der Waals surface area contributed by atoms with E-state index >= 15 is 0 Å². The van der Waals surface area contributed by atoms with Crippen LogP contribution in [0.15, 0.2) is 40.9 Å². The summed E-state index contributed by atoms with van der Waals surface area (Å²) in [6, 6.07) is 11.6. The van der Waals surface area contributed by atoms with Crippen LogP contribution in [-0.2, 0) is 0 Å². The normalized spacial score (nSPS) is 10.2.